The molecule has 0 aliphatic carbocycles. The molecule has 0 radical (unpaired) electrons. The Balaban J connectivity index is 1.55. The number of para-hydroxylation sites is 1. The van der Waals surface area contributed by atoms with E-state index < -0.39 is 4.92 Å². The molecule has 5 rings (SSSR count). The maximum atomic E-state index is 13.4. The summed E-state index contributed by atoms with van der Waals surface area (Å²) in [6.07, 6.45) is 2.65. The molecule has 194 valence electrons. The number of rotatable bonds is 8. The van der Waals surface area contributed by atoms with Crippen molar-refractivity contribution in [2.75, 3.05) is 6.61 Å². The molecule has 0 aliphatic heterocycles. The largest absolute Gasteiger partial charge is 0.490 e. The quantitative estimate of drug-likeness (QED) is 0.121. The van der Waals surface area contributed by atoms with Crippen LogP contribution in [0.3, 0.4) is 0 Å². The molecule has 39 heavy (non-hydrogen) atoms. The third kappa shape index (κ3) is 5.53. The van der Waals surface area contributed by atoms with E-state index in [-0.39, 0.29) is 17.1 Å². The first-order valence-electron chi connectivity index (χ1n) is 11.8. The maximum Gasteiger partial charge on any atom is 0.287 e. The number of aromatic nitrogens is 3. The number of pyridine rings is 1. The highest BCUT2D eigenvalue weighted by Crippen LogP contribution is 2.39. The van der Waals surface area contributed by atoms with Gasteiger partial charge < -0.3 is 9.47 Å². The second kappa shape index (κ2) is 11.2. The van der Waals surface area contributed by atoms with Gasteiger partial charge in [-0.05, 0) is 52.7 Å². The Hall–Kier alpha value is -4.90. The van der Waals surface area contributed by atoms with Crippen LogP contribution in [0.1, 0.15) is 12.5 Å². The highest BCUT2D eigenvalue weighted by molar-refractivity contribution is 9.10. The molecule has 5 aromatic rings. The van der Waals surface area contributed by atoms with Crippen LogP contribution in [0.2, 0.25) is 0 Å². The van der Waals surface area contributed by atoms with Gasteiger partial charge in [0.05, 0.1) is 33.1 Å². The molecule has 0 aliphatic rings. The van der Waals surface area contributed by atoms with Crippen molar-refractivity contribution in [3.63, 3.8) is 0 Å². The molecule has 3 aromatic carbocycles. The summed E-state index contributed by atoms with van der Waals surface area (Å²) in [6, 6.07) is 22.6. The molecule has 2 aromatic heterocycles. The average Bonchev–Trinajstić information content (AvgIpc) is 2.95. The zero-order valence-electron chi connectivity index (χ0n) is 20.5. The van der Waals surface area contributed by atoms with Gasteiger partial charge in [0.15, 0.2) is 17.3 Å². The Morgan fingerprint density at radius 1 is 1.08 bits per heavy atom. The van der Waals surface area contributed by atoms with Crippen LogP contribution in [0.25, 0.3) is 22.3 Å². The number of nitrogens with zero attached hydrogens (tertiary/aromatic N) is 5. The van der Waals surface area contributed by atoms with Gasteiger partial charge in [0, 0.05) is 17.7 Å². The minimum atomic E-state index is -0.536. The normalized spacial score (nSPS) is 11.1. The lowest BCUT2D eigenvalue weighted by molar-refractivity contribution is -0.385. The summed E-state index contributed by atoms with van der Waals surface area (Å²) >= 11 is 3.50. The van der Waals surface area contributed by atoms with Gasteiger partial charge in [-0.1, -0.05) is 42.5 Å². The molecule has 0 saturated carbocycles. The van der Waals surface area contributed by atoms with Crippen LogP contribution in [0.15, 0.2) is 99.4 Å². The molecule has 0 atom stereocenters. The number of hydrogen-bond acceptors (Lipinski definition) is 8. The third-order valence-electron chi connectivity index (χ3n) is 5.58. The predicted octanol–water partition coefficient (Wildman–Crippen LogP) is 6.20. The summed E-state index contributed by atoms with van der Waals surface area (Å²) in [5.74, 6) is 1.29. The smallest absolute Gasteiger partial charge is 0.287 e. The highest BCUT2D eigenvalue weighted by Gasteiger charge is 2.16. The van der Waals surface area contributed by atoms with E-state index in [4.69, 9.17) is 14.5 Å². The predicted molar refractivity (Wildman–Crippen MR) is 151 cm³/mol. The van der Waals surface area contributed by atoms with Gasteiger partial charge in [-0.2, -0.15) is 9.78 Å². The number of nitro groups is 1. The minimum Gasteiger partial charge on any atom is -0.490 e. The van der Waals surface area contributed by atoms with Crippen molar-refractivity contribution in [2.24, 2.45) is 5.10 Å². The SMILES string of the molecule is CCOc1cc(C=Nn2c(-c3ccccc3)nc3ccccc3c2=O)cc(Br)c1Oc1ccc([N+](=O)[O-])cn1. The fourth-order valence-corrected chi connectivity index (χ4v) is 4.34. The van der Waals surface area contributed by atoms with Crippen molar-refractivity contribution in [3.8, 4) is 28.8 Å². The van der Waals surface area contributed by atoms with Crippen LogP contribution in [0.5, 0.6) is 17.4 Å². The summed E-state index contributed by atoms with van der Waals surface area (Å²) in [4.78, 5) is 32.5. The lowest BCUT2D eigenvalue weighted by Gasteiger charge is -2.14. The van der Waals surface area contributed by atoms with Gasteiger partial charge in [0.25, 0.3) is 11.2 Å². The molecular formula is C28H20BrN5O5. The number of benzene rings is 3. The topological polar surface area (TPSA) is 122 Å². The molecule has 0 spiro atoms. The van der Waals surface area contributed by atoms with Crippen molar-refractivity contribution in [3.05, 3.63) is 116 Å². The van der Waals surface area contributed by atoms with Gasteiger partial charge in [-0.25, -0.2) is 9.97 Å². The standard InChI is InChI=1S/C28H20BrN5O5/c1-2-38-24-15-18(14-22(29)26(24)39-25-13-12-20(17-30-25)34(36)37)16-31-33-27(19-8-4-3-5-9-19)32-23-11-7-6-10-21(23)28(33)35/h3-17H,2H2,1H3. The van der Waals surface area contributed by atoms with E-state index in [0.717, 1.165) is 11.8 Å². The Kier molecular flexibility index (Phi) is 7.41. The molecular weight excluding hydrogens is 566 g/mol. The summed E-state index contributed by atoms with van der Waals surface area (Å²) in [6.45, 7) is 2.18. The van der Waals surface area contributed by atoms with Crippen molar-refractivity contribution < 1.29 is 14.4 Å². The number of hydrogen-bond donors (Lipinski definition) is 0. The van der Waals surface area contributed by atoms with Gasteiger partial charge in [0.2, 0.25) is 5.88 Å². The molecule has 10 nitrogen and oxygen atoms in total. The minimum absolute atomic E-state index is 0.147. The second-order valence-electron chi connectivity index (χ2n) is 8.16. The zero-order chi connectivity index (χ0) is 27.4. The van der Waals surface area contributed by atoms with E-state index in [1.807, 2.05) is 43.3 Å². The van der Waals surface area contributed by atoms with Crippen molar-refractivity contribution >= 4 is 38.7 Å². The van der Waals surface area contributed by atoms with Crippen LogP contribution < -0.4 is 15.0 Å². The van der Waals surface area contributed by atoms with Gasteiger partial charge in [-0.15, -0.1) is 0 Å². The zero-order valence-corrected chi connectivity index (χ0v) is 22.1. The van der Waals surface area contributed by atoms with Gasteiger partial charge in [-0.3, -0.25) is 14.9 Å². The summed E-state index contributed by atoms with van der Waals surface area (Å²) < 4.78 is 13.5. The third-order valence-corrected chi connectivity index (χ3v) is 6.17. The van der Waals surface area contributed by atoms with E-state index in [9.17, 15) is 14.9 Å². The fraction of sp³-hybridized carbons (Fsp3) is 0.0714. The first-order chi connectivity index (χ1) is 18.9. The fourth-order valence-electron chi connectivity index (χ4n) is 3.80. The summed E-state index contributed by atoms with van der Waals surface area (Å²) in [5, 5.41) is 15.9. The Morgan fingerprint density at radius 2 is 1.85 bits per heavy atom. The summed E-state index contributed by atoms with van der Waals surface area (Å²) in [7, 11) is 0. The van der Waals surface area contributed by atoms with Crippen LogP contribution in [0, 0.1) is 10.1 Å². The van der Waals surface area contributed by atoms with E-state index in [2.05, 4.69) is 26.0 Å². The van der Waals surface area contributed by atoms with Crippen molar-refractivity contribution in [2.45, 2.75) is 6.92 Å². The second-order valence-corrected chi connectivity index (χ2v) is 9.01. The first kappa shape index (κ1) is 25.7. The molecule has 0 amide bonds. The average molecular weight is 586 g/mol. The van der Waals surface area contributed by atoms with Crippen molar-refractivity contribution in [1.29, 1.82) is 0 Å². The van der Waals surface area contributed by atoms with Crippen molar-refractivity contribution in [1.82, 2.24) is 14.6 Å². The highest BCUT2D eigenvalue weighted by atomic mass is 79.9. The molecule has 0 bridgehead atoms. The lowest BCUT2D eigenvalue weighted by Crippen LogP contribution is -2.20. The lowest BCUT2D eigenvalue weighted by atomic mass is 10.2. The Labute approximate surface area is 230 Å². The molecule has 0 unspecified atom stereocenters. The molecule has 0 fully saturated rings. The molecule has 2 heterocycles. The van der Waals surface area contributed by atoms with Crippen LogP contribution in [-0.2, 0) is 0 Å². The molecule has 0 saturated heterocycles. The van der Waals surface area contributed by atoms with Crippen LogP contribution >= 0.6 is 15.9 Å². The van der Waals surface area contributed by atoms with E-state index >= 15 is 0 Å². The number of halogens is 1. The molecule has 0 N–H and O–H groups in total. The monoisotopic (exact) mass is 585 g/mol. The molecule has 11 heteroatoms. The summed E-state index contributed by atoms with van der Waals surface area (Å²) in [5.41, 5.74) is 1.49. The van der Waals surface area contributed by atoms with Gasteiger partial charge >= 0.3 is 0 Å². The van der Waals surface area contributed by atoms with Gasteiger partial charge in [0.1, 0.15) is 6.20 Å². The van der Waals surface area contributed by atoms with E-state index in [1.165, 1.54) is 23.0 Å². The van der Waals surface area contributed by atoms with Crippen LogP contribution in [0.4, 0.5) is 5.69 Å². The van der Waals surface area contributed by atoms with E-state index in [0.29, 0.717) is 44.9 Å². The number of fused-ring (bicyclic) bond motifs is 1. The van der Waals surface area contributed by atoms with Crippen LogP contribution in [-0.4, -0.2) is 32.4 Å². The first-order valence-corrected chi connectivity index (χ1v) is 12.6. The maximum absolute atomic E-state index is 13.4. The number of ether oxygens (including phenoxy) is 2. The Bertz CT molecular complexity index is 1760. The Morgan fingerprint density at radius 3 is 2.56 bits per heavy atom. The van der Waals surface area contributed by atoms with E-state index in [1.54, 1.807) is 30.3 Å².